The summed E-state index contributed by atoms with van der Waals surface area (Å²) in [6, 6.07) is 15.5. The van der Waals surface area contributed by atoms with E-state index in [9.17, 15) is 4.79 Å². The van der Waals surface area contributed by atoms with E-state index in [2.05, 4.69) is 40.9 Å². The molecule has 0 aliphatic rings. The predicted molar refractivity (Wildman–Crippen MR) is 80.3 cm³/mol. The smallest absolute Gasteiger partial charge is 0.337 e. The third kappa shape index (κ3) is 3.79. The number of esters is 1. The average molecular weight is 267 g/mol. The van der Waals surface area contributed by atoms with Crippen molar-refractivity contribution in [2.24, 2.45) is 4.99 Å². The van der Waals surface area contributed by atoms with Gasteiger partial charge in [-0.1, -0.05) is 42.0 Å². The Hall–Kier alpha value is -2.42. The van der Waals surface area contributed by atoms with Crippen molar-refractivity contribution in [1.29, 1.82) is 0 Å². The summed E-state index contributed by atoms with van der Waals surface area (Å²) >= 11 is 0. The molecule has 0 heterocycles. The van der Waals surface area contributed by atoms with Crippen LogP contribution in [-0.4, -0.2) is 19.3 Å². The second-order valence-corrected chi connectivity index (χ2v) is 4.57. The number of hydrogen-bond donors (Lipinski definition) is 0. The molecule has 102 valence electrons. The number of rotatable bonds is 4. The molecule has 2 rings (SSSR count). The lowest BCUT2D eigenvalue weighted by Gasteiger charge is -2.00. The molecule has 0 amide bonds. The van der Waals surface area contributed by atoms with Crippen LogP contribution in [0.4, 0.5) is 0 Å². The van der Waals surface area contributed by atoms with E-state index in [1.165, 1.54) is 18.2 Å². The van der Waals surface area contributed by atoms with Gasteiger partial charge in [0.15, 0.2) is 0 Å². The van der Waals surface area contributed by atoms with Gasteiger partial charge in [0.2, 0.25) is 0 Å². The van der Waals surface area contributed by atoms with E-state index in [0.717, 1.165) is 5.56 Å². The summed E-state index contributed by atoms with van der Waals surface area (Å²) in [6.07, 6.45) is 1.81. The fraction of sp³-hybridized carbons (Fsp3) is 0.176. The van der Waals surface area contributed by atoms with Gasteiger partial charge in [-0.3, -0.25) is 4.99 Å². The van der Waals surface area contributed by atoms with Crippen molar-refractivity contribution in [1.82, 2.24) is 0 Å². The van der Waals surface area contributed by atoms with Crippen molar-refractivity contribution < 1.29 is 9.53 Å². The first-order valence-electron chi connectivity index (χ1n) is 6.43. The van der Waals surface area contributed by atoms with Gasteiger partial charge in [-0.05, 0) is 30.2 Å². The highest BCUT2D eigenvalue weighted by atomic mass is 16.5. The lowest BCUT2D eigenvalue weighted by molar-refractivity contribution is 0.0601. The number of aryl methyl sites for hydroxylation is 1. The van der Waals surface area contributed by atoms with Crippen molar-refractivity contribution in [2.45, 2.75) is 13.5 Å². The molecule has 0 aromatic heterocycles. The van der Waals surface area contributed by atoms with E-state index in [-0.39, 0.29) is 5.97 Å². The van der Waals surface area contributed by atoms with Crippen LogP contribution in [0.1, 0.15) is 27.0 Å². The Morgan fingerprint density at radius 2 is 1.75 bits per heavy atom. The van der Waals surface area contributed by atoms with Gasteiger partial charge in [-0.15, -0.1) is 0 Å². The zero-order chi connectivity index (χ0) is 14.4. The molecule has 0 fully saturated rings. The fourth-order valence-corrected chi connectivity index (χ4v) is 1.77. The van der Waals surface area contributed by atoms with Gasteiger partial charge in [-0.25, -0.2) is 4.79 Å². The lowest BCUT2D eigenvalue weighted by Crippen LogP contribution is -2.00. The van der Waals surface area contributed by atoms with Gasteiger partial charge in [-0.2, -0.15) is 0 Å². The van der Waals surface area contributed by atoms with Gasteiger partial charge >= 0.3 is 5.97 Å². The van der Waals surface area contributed by atoms with Crippen LogP contribution in [0, 0.1) is 6.92 Å². The third-order valence-corrected chi connectivity index (χ3v) is 2.97. The zero-order valence-corrected chi connectivity index (χ0v) is 11.7. The molecular formula is C17H17NO2. The third-order valence-electron chi connectivity index (χ3n) is 2.97. The standard InChI is InChI=1S/C17H17NO2/c1-13-3-5-14(6-4-13)11-18-12-15-7-9-16(10-8-15)17(19)20-2/h3-10,12H,11H2,1-2H3. The van der Waals surface area contributed by atoms with Crippen LogP contribution in [0.25, 0.3) is 0 Å². The van der Waals surface area contributed by atoms with E-state index in [0.29, 0.717) is 12.1 Å². The topological polar surface area (TPSA) is 38.7 Å². The second-order valence-electron chi connectivity index (χ2n) is 4.57. The average Bonchev–Trinajstić information content (AvgIpc) is 2.49. The fourth-order valence-electron chi connectivity index (χ4n) is 1.77. The minimum Gasteiger partial charge on any atom is -0.465 e. The molecule has 0 saturated heterocycles. The Balaban J connectivity index is 1.97. The lowest BCUT2D eigenvalue weighted by atomic mass is 10.1. The van der Waals surface area contributed by atoms with Crippen molar-refractivity contribution in [3.63, 3.8) is 0 Å². The number of nitrogens with zero attached hydrogens (tertiary/aromatic N) is 1. The first-order valence-corrected chi connectivity index (χ1v) is 6.43. The van der Waals surface area contributed by atoms with Gasteiger partial charge in [0.05, 0.1) is 19.2 Å². The minimum atomic E-state index is -0.326. The highest BCUT2D eigenvalue weighted by Crippen LogP contribution is 2.06. The summed E-state index contributed by atoms with van der Waals surface area (Å²) < 4.78 is 4.65. The van der Waals surface area contributed by atoms with Gasteiger partial charge in [0.1, 0.15) is 0 Å². The highest BCUT2D eigenvalue weighted by Gasteiger charge is 2.03. The Morgan fingerprint density at radius 3 is 2.35 bits per heavy atom. The maximum atomic E-state index is 11.3. The van der Waals surface area contributed by atoms with Crippen molar-refractivity contribution >= 4 is 12.2 Å². The second kappa shape index (κ2) is 6.66. The zero-order valence-electron chi connectivity index (χ0n) is 11.7. The molecule has 0 N–H and O–H groups in total. The van der Waals surface area contributed by atoms with Gasteiger partial charge < -0.3 is 4.74 Å². The SMILES string of the molecule is COC(=O)c1ccc(C=NCc2ccc(C)cc2)cc1. The highest BCUT2D eigenvalue weighted by molar-refractivity contribution is 5.90. The number of ether oxygens (including phenoxy) is 1. The van der Waals surface area contributed by atoms with Crippen LogP contribution < -0.4 is 0 Å². The maximum Gasteiger partial charge on any atom is 0.337 e. The van der Waals surface area contributed by atoms with Gasteiger partial charge in [0, 0.05) is 6.21 Å². The van der Waals surface area contributed by atoms with Crippen LogP contribution in [0.15, 0.2) is 53.5 Å². The minimum absolute atomic E-state index is 0.326. The monoisotopic (exact) mass is 267 g/mol. The molecule has 20 heavy (non-hydrogen) atoms. The Labute approximate surface area is 118 Å². The first kappa shape index (κ1) is 14.0. The van der Waals surface area contributed by atoms with Crippen LogP contribution in [0.5, 0.6) is 0 Å². The van der Waals surface area contributed by atoms with Crippen LogP contribution in [0.3, 0.4) is 0 Å². The largest absolute Gasteiger partial charge is 0.465 e. The van der Waals surface area contributed by atoms with Crippen molar-refractivity contribution in [2.75, 3.05) is 7.11 Å². The molecular weight excluding hydrogens is 250 g/mol. The number of aliphatic imine (C=N–C) groups is 1. The molecule has 0 bridgehead atoms. The molecule has 0 spiro atoms. The van der Waals surface area contributed by atoms with E-state index in [1.54, 1.807) is 18.3 Å². The van der Waals surface area contributed by atoms with Crippen molar-refractivity contribution in [3.05, 3.63) is 70.8 Å². The van der Waals surface area contributed by atoms with Crippen LogP contribution in [0.2, 0.25) is 0 Å². The summed E-state index contributed by atoms with van der Waals surface area (Å²) in [5.74, 6) is -0.326. The molecule has 0 aliphatic heterocycles. The molecule has 3 nitrogen and oxygen atoms in total. The van der Waals surface area contributed by atoms with Crippen LogP contribution >= 0.6 is 0 Å². The Bertz CT molecular complexity index is 598. The quantitative estimate of drug-likeness (QED) is 0.629. The van der Waals surface area contributed by atoms with E-state index in [4.69, 9.17) is 0 Å². The molecule has 2 aromatic rings. The molecule has 3 heteroatoms. The summed E-state index contributed by atoms with van der Waals surface area (Å²) in [5.41, 5.74) is 3.93. The van der Waals surface area contributed by atoms with E-state index in [1.807, 2.05) is 12.1 Å². The Kier molecular flexibility index (Phi) is 4.66. The Morgan fingerprint density at radius 1 is 1.10 bits per heavy atom. The number of methoxy groups -OCH3 is 1. The molecule has 2 aromatic carbocycles. The number of benzene rings is 2. The van der Waals surface area contributed by atoms with Crippen LogP contribution in [-0.2, 0) is 11.3 Å². The number of hydrogen-bond acceptors (Lipinski definition) is 3. The summed E-state index contributed by atoms with van der Waals surface area (Å²) in [7, 11) is 1.37. The summed E-state index contributed by atoms with van der Waals surface area (Å²) in [5, 5.41) is 0. The van der Waals surface area contributed by atoms with E-state index >= 15 is 0 Å². The molecule has 0 aliphatic carbocycles. The van der Waals surface area contributed by atoms with E-state index < -0.39 is 0 Å². The molecule has 0 atom stereocenters. The van der Waals surface area contributed by atoms with Gasteiger partial charge in [0.25, 0.3) is 0 Å². The molecule has 0 unspecified atom stereocenters. The predicted octanol–water partition coefficient (Wildman–Crippen LogP) is 3.40. The summed E-state index contributed by atoms with van der Waals surface area (Å²) in [4.78, 5) is 15.7. The molecule has 0 radical (unpaired) electrons. The maximum absolute atomic E-state index is 11.3. The number of carbonyl (C=O) groups is 1. The summed E-state index contributed by atoms with van der Waals surface area (Å²) in [6.45, 7) is 2.72. The number of carbonyl (C=O) groups excluding carboxylic acids is 1. The normalized spacial score (nSPS) is 10.7. The molecule has 0 saturated carbocycles. The van der Waals surface area contributed by atoms with Crippen molar-refractivity contribution in [3.8, 4) is 0 Å². The first-order chi connectivity index (χ1) is 9.69.